The Morgan fingerprint density at radius 1 is 0.674 bits per heavy atom. The van der Waals surface area contributed by atoms with Crippen LogP contribution >= 0.6 is 23.2 Å². The summed E-state index contributed by atoms with van der Waals surface area (Å²) in [5.41, 5.74) is 1.80. The molecule has 43 heavy (non-hydrogen) atoms. The van der Waals surface area contributed by atoms with Crippen LogP contribution in [0.5, 0.6) is 0 Å². The van der Waals surface area contributed by atoms with Gasteiger partial charge < -0.3 is 20.3 Å². The molecule has 0 aromatic heterocycles. The van der Waals surface area contributed by atoms with Crippen molar-refractivity contribution in [2.75, 3.05) is 11.9 Å². The lowest BCUT2D eigenvalue weighted by Gasteiger charge is -2.14. The minimum Gasteiger partial charge on any atom is -0.481 e. The summed E-state index contributed by atoms with van der Waals surface area (Å²) >= 11 is 12.2. The number of unbranched alkanes of at least 4 members (excludes halogenated alkanes) is 14. The average Bonchev–Trinajstić information content (AvgIpc) is 2.97. The summed E-state index contributed by atoms with van der Waals surface area (Å²) < 4.78 is 4.64. The van der Waals surface area contributed by atoms with Gasteiger partial charge in [-0.05, 0) is 30.2 Å². The van der Waals surface area contributed by atoms with E-state index in [0.717, 1.165) is 12.8 Å². The number of nitrogens with one attached hydrogen (secondary N) is 1. The van der Waals surface area contributed by atoms with Gasteiger partial charge in [0.05, 0.1) is 22.2 Å². The third kappa shape index (κ3) is 19.9. The number of rotatable bonds is 22. The summed E-state index contributed by atoms with van der Waals surface area (Å²) in [5, 5.41) is 21.0. The van der Waals surface area contributed by atoms with Gasteiger partial charge in [-0.1, -0.05) is 144 Å². The highest BCUT2D eigenvalue weighted by molar-refractivity contribution is 6.39. The van der Waals surface area contributed by atoms with Crippen LogP contribution in [0.15, 0.2) is 42.5 Å². The van der Waals surface area contributed by atoms with E-state index in [1.54, 1.807) is 42.5 Å². The Morgan fingerprint density at radius 3 is 1.65 bits per heavy atom. The average molecular weight is 639 g/mol. The molecule has 0 amide bonds. The van der Waals surface area contributed by atoms with Crippen molar-refractivity contribution in [1.82, 2.24) is 0 Å². The van der Waals surface area contributed by atoms with Crippen LogP contribution in [0, 0.1) is 0 Å². The van der Waals surface area contributed by atoms with Crippen molar-refractivity contribution in [1.29, 1.82) is 0 Å². The predicted molar refractivity (Wildman–Crippen MR) is 176 cm³/mol. The minimum atomic E-state index is -1.20. The fraction of sp³-hybridized carbons (Fsp3) is 0.559. The van der Waals surface area contributed by atoms with Crippen LogP contribution in [0.2, 0.25) is 10.0 Å². The van der Waals surface area contributed by atoms with E-state index in [1.807, 2.05) is 0 Å². The fourth-order valence-electron chi connectivity index (χ4n) is 4.54. The maximum absolute atomic E-state index is 11.7. The van der Waals surface area contributed by atoms with Crippen molar-refractivity contribution < 1.29 is 29.3 Å². The lowest BCUT2D eigenvalue weighted by molar-refractivity contribution is -0.154. The first-order chi connectivity index (χ1) is 20.7. The number of esters is 1. The molecule has 2 aromatic rings. The number of hydrogen-bond acceptors (Lipinski definition) is 5. The van der Waals surface area contributed by atoms with Crippen LogP contribution in [0.1, 0.15) is 115 Å². The van der Waals surface area contributed by atoms with Gasteiger partial charge in [-0.15, -0.1) is 0 Å². The van der Waals surface area contributed by atoms with E-state index in [4.69, 9.17) is 33.4 Å². The molecule has 0 aliphatic heterocycles. The van der Waals surface area contributed by atoms with Gasteiger partial charge in [0.1, 0.15) is 0 Å². The van der Waals surface area contributed by atoms with Crippen molar-refractivity contribution in [3.05, 3.63) is 58.1 Å². The van der Waals surface area contributed by atoms with E-state index >= 15 is 0 Å². The van der Waals surface area contributed by atoms with Crippen molar-refractivity contribution >= 4 is 52.5 Å². The lowest BCUT2D eigenvalue weighted by Crippen LogP contribution is -2.15. The number of para-hydroxylation sites is 2. The Morgan fingerprint density at radius 2 is 1.16 bits per heavy atom. The van der Waals surface area contributed by atoms with Gasteiger partial charge in [-0.3, -0.25) is 9.59 Å². The van der Waals surface area contributed by atoms with E-state index in [2.05, 4.69) is 17.0 Å². The second-order valence-electron chi connectivity index (χ2n) is 10.7. The van der Waals surface area contributed by atoms with Crippen LogP contribution in [0.4, 0.5) is 11.4 Å². The number of carbonyl (C=O) groups is 3. The molecular weight excluding hydrogens is 589 g/mol. The number of anilines is 2. The lowest BCUT2D eigenvalue weighted by atomic mass is 10.0. The smallest absolute Gasteiger partial charge is 0.341 e. The third-order valence-corrected chi connectivity index (χ3v) is 7.56. The molecule has 0 unspecified atom stereocenters. The molecule has 0 spiro atoms. The molecule has 0 aliphatic carbocycles. The first-order valence-corrected chi connectivity index (χ1v) is 16.4. The number of carbonyl (C=O) groups excluding carboxylic acids is 1. The van der Waals surface area contributed by atoms with Gasteiger partial charge >= 0.3 is 17.9 Å². The molecule has 0 bridgehead atoms. The highest BCUT2D eigenvalue weighted by Crippen LogP contribution is 2.33. The van der Waals surface area contributed by atoms with Gasteiger partial charge in [-0.25, -0.2) is 4.79 Å². The van der Waals surface area contributed by atoms with E-state index in [1.165, 1.54) is 83.5 Å². The Kier molecular flexibility index (Phi) is 21.9. The highest BCUT2D eigenvalue weighted by atomic mass is 35.5. The zero-order valence-electron chi connectivity index (χ0n) is 25.6. The first kappa shape index (κ1) is 38.3. The maximum atomic E-state index is 11.7. The largest absolute Gasteiger partial charge is 0.481 e. The van der Waals surface area contributed by atoms with Crippen LogP contribution in [-0.4, -0.2) is 34.7 Å². The Balaban J connectivity index is 0.000000436. The number of aliphatic carboxylic acids is 2. The normalized spacial score (nSPS) is 10.5. The molecule has 0 aliphatic rings. The number of carboxylic acids is 2. The minimum absolute atomic E-state index is 0.0709. The Labute approximate surface area is 267 Å². The number of carboxylic acid groups (broad SMARTS) is 2. The van der Waals surface area contributed by atoms with E-state index in [-0.39, 0.29) is 6.42 Å². The number of benzene rings is 2. The molecule has 0 saturated heterocycles. The summed E-state index contributed by atoms with van der Waals surface area (Å²) in [5.74, 6) is -2.49. The van der Waals surface area contributed by atoms with E-state index < -0.39 is 24.5 Å². The van der Waals surface area contributed by atoms with Crippen LogP contribution < -0.4 is 5.32 Å². The molecule has 0 atom stereocenters. The molecule has 240 valence electrons. The molecule has 2 rings (SSSR count). The van der Waals surface area contributed by atoms with Gasteiger partial charge in [0.25, 0.3) is 0 Å². The van der Waals surface area contributed by atoms with E-state index in [0.29, 0.717) is 33.4 Å². The summed E-state index contributed by atoms with van der Waals surface area (Å²) in [6.07, 6.45) is 20.1. The van der Waals surface area contributed by atoms with Crippen LogP contribution in [0.25, 0.3) is 0 Å². The van der Waals surface area contributed by atoms with E-state index in [9.17, 15) is 14.4 Å². The monoisotopic (exact) mass is 637 g/mol. The molecule has 3 N–H and O–H groups in total. The molecule has 7 nitrogen and oxygen atoms in total. The second kappa shape index (κ2) is 24.6. The second-order valence-corrected chi connectivity index (χ2v) is 11.5. The Bertz CT molecular complexity index is 1060. The number of ether oxygens (including phenoxy) is 1. The number of hydrogen-bond donors (Lipinski definition) is 3. The van der Waals surface area contributed by atoms with Crippen LogP contribution in [0.3, 0.4) is 0 Å². The zero-order chi connectivity index (χ0) is 31.7. The van der Waals surface area contributed by atoms with Crippen LogP contribution in [-0.2, 0) is 25.5 Å². The summed E-state index contributed by atoms with van der Waals surface area (Å²) in [7, 11) is 0. The molecular formula is C34H49Cl2NO6. The van der Waals surface area contributed by atoms with Crippen molar-refractivity contribution in [3.8, 4) is 0 Å². The molecule has 2 aromatic carbocycles. The van der Waals surface area contributed by atoms with Gasteiger partial charge in [0.15, 0.2) is 6.61 Å². The summed E-state index contributed by atoms with van der Waals surface area (Å²) in [6, 6.07) is 12.2. The van der Waals surface area contributed by atoms with Gasteiger partial charge in [-0.2, -0.15) is 0 Å². The zero-order valence-corrected chi connectivity index (χ0v) is 27.1. The quantitative estimate of drug-likeness (QED) is 0.0869. The summed E-state index contributed by atoms with van der Waals surface area (Å²) in [4.78, 5) is 32.4. The van der Waals surface area contributed by atoms with Crippen molar-refractivity contribution in [3.63, 3.8) is 0 Å². The third-order valence-electron chi connectivity index (χ3n) is 6.93. The Hall–Kier alpha value is -2.77. The molecule has 0 saturated carbocycles. The molecule has 0 heterocycles. The topological polar surface area (TPSA) is 113 Å². The number of halogens is 2. The summed E-state index contributed by atoms with van der Waals surface area (Å²) in [6.45, 7) is 1.61. The predicted octanol–water partition coefficient (Wildman–Crippen LogP) is 10.2. The SMILES string of the molecule is CCCCCCCCCCCCCCCCCC(=O)O.O=C(O)COC(=O)Cc1ccccc1Nc1c(Cl)cccc1Cl. The molecule has 9 heteroatoms. The first-order valence-electron chi connectivity index (χ1n) is 15.6. The molecule has 0 fully saturated rings. The van der Waals surface area contributed by atoms with Crippen molar-refractivity contribution in [2.45, 2.75) is 116 Å². The van der Waals surface area contributed by atoms with Gasteiger partial charge in [0.2, 0.25) is 0 Å². The standard InChI is InChI=1S/C18H36O2.C16H13Cl2NO4/c1-2-3-4-5-6-7-8-9-10-11-12-13-14-15-16-17-18(19)20;17-11-5-3-6-12(18)16(11)19-13-7-2-1-4-10(13)8-15(22)23-9-14(20)21/h2-17H2,1H3,(H,19,20);1-7,19H,8-9H2,(H,20,21). The van der Waals surface area contributed by atoms with Crippen molar-refractivity contribution in [2.24, 2.45) is 0 Å². The molecule has 0 radical (unpaired) electrons. The van der Waals surface area contributed by atoms with Gasteiger partial charge in [0, 0.05) is 12.1 Å². The highest BCUT2D eigenvalue weighted by Gasteiger charge is 2.13. The maximum Gasteiger partial charge on any atom is 0.341 e. The fourth-order valence-corrected chi connectivity index (χ4v) is 5.04.